The Kier molecular flexibility index (Phi) is 2.91. The van der Waals surface area contributed by atoms with Crippen LogP contribution in [-0.4, -0.2) is 21.4 Å². The van der Waals surface area contributed by atoms with Gasteiger partial charge in [0.1, 0.15) is 12.1 Å². The predicted octanol–water partition coefficient (Wildman–Crippen LogP) is 3.62. The number of phenols is 1. The molecule has 3 heterocycles. The number of aromatic hydroxyl groups is 1. The molecule has 3 N–H and O–H groups in total. The summed E-state index contributed by atoms with van der Waals surface area (Å²) in [7, 11) is 0. The van der Waals surface area contributed by atoms with Gasteiger partial charge < -0.3 is 10.1 Å². The van der Waals surface area contributed by atoms with Crippen molar-refractivity contribution in [3.8, 4) is 5.75 Å². The molecule has 2 aromatic rings. The van der Waals surface area contributed by atoms with Crippen LogP contribution in [0.4, 0.5) is 0 Å². The molecule has 2 aliphatic heterocycles. The number of hydrazine groups is 1. The maximum Gasteiger partial charge on any atom is 0.118 e. The lowest BCUT2D eigenvalue weighted by molar-refractivity contribution is 0.449. The lowest BCUT2D eigenvalue weighted by Crippen LogP contribution is -2.36. The fraction of sp³-hybridized carbons (Fsp3) is 0.150. The van der Waals surface area contributed by atoms with E-state index in [0.717, 1.165) is 23.4 Å². The smallest absolute Gasteiger partial charge is 0.118 e. The quantitative estimate of drug-likeness (QED) is 0.748. The molecule has 0 fully saturated rings. The number of nitrogens with zero attached hydrogens (tertiary/aromatic N) is 2. The summed E-state index contributed by atoms with van der Waals surface area (Å²) in [4.78, 5) is 7.68. The van der Waals surface area contributed by atoms with Crippen molar-refractivity contribution in [3.05, 3.63) is 76.4 Å². The molecule has 0 bridgehead atoms. The molecule has 1 aromatic heterocycles. The van der Waals surface area contributed by atoms with Crippen molar-refractivity contribution in [3.63, 3.8) is 0 Å². The van der Waals surface area contributed by atoms with Crippen LogP contribution < -0.4 is 5.43 Å². The Morgan fingerprint density at radius 1 is 1.28 bits per heavy atom. The number of aliphatic imine (C=N–C) groups is 1. The van der Waals surface area contributed by atoms with Crippen molar-refractivity contribution in [1.82, 2.24) is 15.4 Å². The lowest BCUT2D eigenvalue weighted by Gasteiger charge is -2.32. The largest absolute Gasteiger partial charge is 0.508 e. The first-order valence-electron chi connectivity index (χ1n) is 8.40. The molecule has 0 saturated carbocycles. The van der Waals surface area contributed by atoms with Gasteiger partial charge in [0.2, 0.25) is 0 Å². The second kappa shape index (κ2) is 5.14. The zero-order chi connectivity index (χ0) is 17.0. The van der Waals surface area contributed by atoms with Gasteiger partial charge in [0.05, 0.1) is 17.6 Å². The summed E-state index contributed by atoms with van der Waals surface area (Å²) in [6.07, 6.45) is 13.0. The van der Waals surface area contributed by atoms with E-state index < -0.39 is 0 Å². The van der Waals surface area contributed by atoms with Crippen LogP contribution in [0.5, 0.6) is 5.75 Å². The van der Waals surface area contributed by atoms with Gasteiger partial charge in [-0.25, -0.2) is 4.99 Å². The van der Waals surface area contributed by atoms with Gasteiger partial charge in [-0.2, -0.15) is 0 Å². The second-order valence-electron chi connectivity index (χ2n) is 6.59. The second-order valence-corrected chi connectivity index (χ2v) is 6.59. The molecule has 0 spiro atoms. The van der Waals surface area contributed by atoms with Crippen LogP contribution in [0.1, 0.15) is 40.3 Å². The molecule has 1 aliphatic carbocycles. The van der Waals surface area contributed by atoms with Gasteiger partial charge in [0, 0.05) is 28.9 Å². The summed E-state index contributed by atoms with van der Waals surface area (Å²) in [5.74, 6) is 0.597. The van der Waals surface area contributed by atoms with E-state index in [1.165, 1.54) is 22.4 Å². The van der Waals surface area contributed by atoms with E-state index in [9.17, 15) is 5.11 Å². The molecule has 1 atom stereocenters. The van der Waals surface area contributed by atoms with Gasteiger partial charge >= 0.3 is 0 Å². The topological polar surface area (TPSA) is 63.7 Å². The Morgan fingerprint density at radius 2 is 2.20 bits per heavy atom. The summed E-state index contributed by atoms with van der Waals surface area (Å²) in [6, 6.07) is 5.88. The Balaban J connectivity index is 1.64. The molecule has 1 unspecified atom stereocenters. The number of nitrogens with one attached hydrogen (secondary N) is 2. The number of fused-ring (bicyclic) bond motifs is 2. The average molecular weight is 330 g/mol. The van der Waals surface area contributed by atoms with E-state index in [1.807, 2.05) is 19.2 Å². The number of aromatic amines is 1. The van der Waals surface area contributed by atoms with Crippen LogP contribution in [0.25, 0.3) is 11.8 Å². The number of aromatic nitrogens is 1. The van der Waals surface area contributed by atoms with Gasteiger partial charge in [-0.05, 0) is 36.6 Å². The Hall–Kier alpha value is -3.21. The van der Waals surface area contributed by atoms with E-state index >= 15 is 0 Å². The minimum Gasteiger partial charge on any atom is -0.508 e. The number of H-pyrrole nitrogens is 1. The highest BCUT2D eigenvalue weighted by molar-refractivity contribution is 5.82. The summed E-state index contributed by atoms with van der Waals surface area (Å²) < 4.78 is 0. The van der Waals surface area contributed by atoms with Crippen LogP contribution in [0.15, 0.2) is 53.4 Å². The third-order valence-electron chi connectivity index (χ3n) is 5.12. The summed E-state index contributed by atoms with van der Waals surface area (Å²) in [6.45, 7) is 1.94. The molecule has 25 heavy (non-hydrogen) atoms. The molecule has 0 saturated heterocycles. The number of hydrogen-bond donors (Lipinski definition) is 3. The molecule has 5 rings (SSSR count). The van der Waals surface area contributed by atoms with E-state index in [4.69, 9.17) is 0 Å². The predicted molar refractivity (Wildman–Crippen MR) is 98.7 cm³/mol. The zero-order valence-electron chi connectivity index (χ0n) is 13.8. The Labute approximate surface area is 145 Å². The number of rotatable bonds is 1. The number of aryl methyl sites for hydroxylation is 1. The van der Waals surface area contributed by atoms with Crippen LogP contribution >= 0.6 is 0 Å². The highest BCUT2D eigenvalue weighted by atomic mass is 16.3. The van der Waals surface area contributed by atoms with Crippen molar-refractivity contribution in [1.29, 1.82) is 0 Å². The monoisotopic (exact) mass is 330 g/mol. The van der Waals surface area contributed by atoms with E-state index in [1.54, 1.807) is 12.4 Å². The van der Waals surface area contributed by atoms with Crippen LogP contribution in [-0.2, 0) is 0 Å². The zero-order valence-corrected chi connectivity index (χ0v) is 13.8. The van der Waals surface area contributed by atoms with Gasteiger partial charge in [0.25, 0.3) is 0 Å². The molecular weight excluding hydrogens is 312 g/mol. The molecule has 0 amide bonds. The van der Waals surface area contributed by atoms with Gasteiger partial charge in [-0.3, -0.25) is 10.4 Å². The molecule has 5 nitrogen and oxygen atoms in total. The summed E-state index contributed by atoms with van der Waals surface area (Å²) >= 11 is 0. The maximum absolute atomic E-state index is 9.83. The van der Waals surface area contributed by atoms with Crippen LogP contribution in [0.3, 0.4) is 0 Å². The van der Waals surface area contributed by atoms with E-state index in [0.29, 0.717) is 5.75 Å². The number of hydrogen-bond acceptors (Lipinski definition) is 4. The van der Waals surface area contributed by atoms with Crippen molar-refractivity contribution >= 4 is 18.1 Å². The Bertz CT molecular complexity index is 993. The third-order valence-corrected chi connectivity index (χ3v) is 5.12. The molecule has 3 aliphatic rings. The highest BCUT2D eigenvalue weighted by Crippen LogP contribution is 2.43. The molecule has 5 heteroatoms. The van der Waals surface area contributed by atoms with E-state index in [-0.39, 0.29) is 5.92 Å². The first kappa shape index (κ1) is 14.2. The van der Waals surface area contributed by atoms with Gasteiger partial charge in [-0.15, -0.1) is 0 Å². The van der Waals surface area contributed by atoms with Gasteiger partial charge in [-0.1, -0.05) is 24.3 Å². The first-order valence-corrected chi connectivity index (χ1v) is 8.40. The SMILES string of the molecule is Cc1cc(C2CC=C3c4c(c[nH]c42)C=CC2=CN=CNN23)ccc1O. The van der Waals surface area contributed by atoms with Gasteiger partial charge in [0.15, 0.2) is 0 Å². The average Bonchev–Trinajstić information content (AvgIpc) is 2.99. The summed E-state index contributed by atoms with van der Waals surface area (Å²) in [5.41, 5.74) is 11.2. The Morgan fingerprint density at radius 3 is 3.08 bits per heavy atom. The van der Waals surface area contributed by atoms with E-state index in [2.05, 4.69) is 50.9 Å². The first-order chi connectivity index (χ1) is 12.2. The van der Waals surface area contributed by atoms with Crippen molar-refractivity contribution in [2.24, 2.45) is 4.99 Å². The number of phenolic OH excluding ortho intramolecular Hbond substituents is 1. The van der Waals surface area contributed by atoms with Crippen molar-refractivity contribution < 1.29 is 5.11 Å². The van der Waals surface area contributed by atoms with Crippen molar-refractivity contribution in [2.75, 3.05) is 0 Å². The fourth-order valence-corrected chi connectivity index (χ4v) is 3.84. The van der Waals surface area contributed by atoms with Crippen LogP contribution in [0.2, 0.25) is 0 Å². The summed E-state index contributed by atoms with van der Waals surface area (Å²) in [5, 5.41) is 11.9. The number of benzene rings is 1. The highest BCUT2D eigenvalue weighted by Gasteiger charge is 2.31. The molecule has 124 valence electrons. The molecule has 1 aromatic carbocycles. The third kappa shape index (κ3) is 2.05. The normalized spacial score (nSPS) is 20.2. The lowest BCUT2D eigenvalue weighted by atomic mass is 9.84. The number of allylic oxidation sites excluding steroid dienone is 2. The standard InChI is InChI=1S/C20H18N4O/c1-12-8-13(3-7-18(12)25)16-5-6-17-19-14(9-22-20(16)19)2-4-15-10-21-11-23-24(15)17/h2-4,6-11,16,22,25H,5H2,1H3,(H,21,23). The fourth-order valence-electron chi connectivity index (χ4n) is 3.84. The van der Waals surface area contributed by atoms with Crippen LogP contribution in [0, 0.1) is 6.92 Å². The minimum atomic E-state index is 0.254. The molecular formula is C20H18N4O. The molecule has 0 radical (unpaired) electrons. The van der Waals surface area contributed by atoms with Crippen molar-refractivity contribution in [2.45, 2.75) is 19.3 Å². The minimum absolute atomic E-state index is 0.254. The maximum atomic E-state index is 9.83.